The number of amides is 1. The molecule has 6 nitrogen and oxygen atoms in total. The maximum absolute atomic E-state index is 12.7. The van der Waals surface area contributed by atoms with Crippen LogP contribution in [0.1, 0.15) is 30.9 Å². The molecule has 2 saturated heterocycles. The summed E-state index contributed by atoms with van der Waals surface area (Å²) in [7, 11) is 1.63. The molecule has 3 rings (SSSR count). The average molecular weight is 361 g/mol. The second-order valence-corrected chi connectivity index (χ2v) is 7.37. The zero-order valence-electron chi connectivity index (χ0n) is 15.9. The number of carbonyl (C=O) groups is 1. The highest BCUT2D eigenvalue weighted by Crippen LogP contribution is 2.22. The van der Waals surface area contributed by atoms with Crippen LogP contribution in [-0.4, -0.2) is 62.4 Å². The van der Waals surface area contributed by atoms with E-state index in [4.69, 9.17) is 9.47 Å². The lowest BCUT2D eigenvalue weighted by Crippen LogP contribution is -2.53. The monoisotopic (exact) mass is 361 g/mol. The van der Waals surface area contributed by atoms with Gasteiger partial charge in [-0.1, -0.05) is 24.3 Å². The molecule has 0 radical (unpaired) electrons. The van der Waals surface area contributed by atoms with Crippen molar-refractivity contribution in [3.63, 3.8) is 0 Å². The molecule has 1 atom stereocenters. The summed E-state index contributed by atoms with van der Waals surface area (Å²) in [5, 5.41) is 6.35. The Morgan fingerprint density at radius 1 is 1.38 bits per heavy atom. The number of rotatable bonds is 6. The van der Waals surface area contributed by atoms with Gasteiger partial charge in [0.15, 0.2) is 0 Å². The lowest BCUT2D eigenvalue weighted by atomic mass is 9.91. The molecular weight excluding hydrogens is 330 g/mol. The highest BCUT2D eigenvalue weighted by molar-refractivity contribution is 5.85. The van der Waals surface area contributed by atoms with Crippen LogP contribution >= 0.6 is 0 Å². The second kappa shape index (κ2) is 8.95. The summed E-state index contributed by atoms with van der Waals surface area (Å²) < 4.78 is 11.2. The van der Waals surface area contributed by atoms with Crippen molar-refractivity contribution < 1.29 is 14.3 Å². The first-order valence-electron chi connectivity index (χ1n) is 9.57. The minimum absolute atomic E-state index is 0.00564. The molecule has 2 N–H and O–H groups in total. The number of carbonyl (C=O) groups excluding carboxylic acids is 1. The van der Waals surface area contributed by atoms with Gasteiger partial charge in [0.2, 0.25) is 0 Å². The molecule has 0 spiro atoms. The molecule has 1 amide bonds. The van der Waals surface area contributed by atoms with E-state index in [1.165, 1.54) is 5.56 Å². The molecule has 26 heavy (non-hydrogen) atoms. The number of nitrogens with zero attached hydrogens (tertiary/aromatic N) is 1. The minimum Gasteiger partial charge on any atom is -0.376 e. The fraction of sp³-hybridized carbons (Fsp3) is 0.650. The number of nitrogens with one attached hydrogen (secondary N) is 2. The quantitative estimate of drug-likeness (QED) is 0.800. The lowest BCUT2D eigenvalue weighted by Gasteiger charge is -2.34. The van der Waals surface area contributed by atoms with Crippen LogP contribution in [0, 0.1) is 0 Å². The van der Waals surface area contributed by atoms with Gasteiger partial charge in [-0.2, -0.15) is 0 Å². The van der Waals surface area contributed by atoms with E-state index in [1.54, 1.807) is 7.11 Å². The minimum atomic E-state index is -0.688. The zero-order chi connectivity index (χ0) is 18.4. The van der Waals surface area contributed by atoms with Crippen LogP contribution in [0.15, 0.2) is 24.3 Å². The van der Waals surface area contributed by atoms with E-state index >= 15 is 0 Å². The number of benzene rings is 1. The topological polar surface area (TPSA) is 62.8 Å². The van der Waals surface area contributed by atoms with Gasteiger partial charge in [-0.05, 0) is 44.0 Å². The van der Waals surface area contributed by atoms with Crippen molar-refractivity contribution >= 4 is 5.91 Å². The number of piperidine rings is 1. The molecule has 0 saturated carbocycles. The van der Waals surface area contributed by atoms with E-state index in [2.05, 4.69) is 46.7 Å². The van der Waals surface area contributed by atoms with Crippen LogP contribution in [-0.2, 0) is 27.4 Å². The van der Waals surface area contributed by atoms with Crippen molar-refractivity contribution in [3.05, 3.63) is 35.4 Å². The molecule has 1 aromatic carbocycles. The first kappa shape index (κ1) is 19.3. The molecule has 2 heterocycles. The SMILES string of the molecule is COC1(C(=O)NCc2cccc(CN3CCOC(C)C3)c2)CCNCC1. The van der Waals surface area contributed by atoms with E-state index in [1.807, 2.05) is 0 Å². The van der Waals surface area contributed by atoms with Crippen LogP contribution in [0.5, 0.6) is 0 Å². The van der Waals surface area contributed by atoms with Crippen LogP contribution in [0.25, 0.3) is 0 Å². The predicted octanol–water partition coefficient (Wildman–Crippen LogP) is 1.29. The van der Waals surface area contributed by atoms with E-state index in [0.29, 0.717) is 25.5 Å². The Balaban J connectivity index is 1.55. The zero-order valence-corrected chi connectivity index (χ0v) is 15.9. The van der Waals surface area contributed by atoms with Gasteiger partial charge in [-0.15, -0.1) is 0 Å². The van der Waals surface area contributed by atoms with Crippen LogP contribution in [0.2, 0.25) is 0 Å². The van der Waals surface area contributed by atoms with Crippen molar-refractivity contribution in [2.45, 2.75) is 44.6 Å². The Morgan fingerprint density at radius 2 is 2.15 bits per heavy atom. The molecule has 1 aromatic rings. The van der Waals surface area contributed by atoms with Gasteiger partial charge in [-0.25, -0.2) is 0 Å². The number of hydrogen-bond acceptors (Lipinski definition) is 5. The van der Waals surface area contributed by atoms with Crippen molar-refractivity contribution in [1.82, 2.24) is 15.5 Å². The standard InChI is InChI=1S/C20H31N3O3/c1-16-14-23(10-11-26-16)15-18-5-3-4-17(12-18)13-22-19(24)20(25-2)6-8-21-9-7-20/h3-5,12,16,21H,6-11,13-15H2,1-2H3,(H,22,24). The Labute approximate surface area is 156 Å². The maximum atomic E-state index is 12.7. The molecule has 0 bridgehead atoms. The summed E-state index contributed by atoms with van der Waals surface area (Å²) in [5.41, 5.74) is 1.71. The Hall–Kier alpha value is -1.47. The van der Waals surface area contributed by atoms with Gasteiger partial charge in [0.25, 0.3) is 5.91 Å². The van der Waals surface area contributed by atoms with Gasteiger partial charge < -0.3 is 20.1 Å². The van der Waals surface area contributed by atoms with Gasteiger partial charge in [-0.3, -0.25) is 9.69 Å². The molecule has 2 aliphatic heterocycles. The van der Waals surface area contributed by atoms with E-state index in [0.717, 1.165) is 44.9 Å². The highest BCUT2D eigenvalue weighted by Gasteiger charge is 2.39. The molecule has 2 aliphatic rings. The fourth-order valence-corrected chi connectivity index (χ4v) is 3.83. The van der Waals surface area contributed by atoms with Gasteiger partial charge >= 0.3 is 0 Å². The first-order chi connectivity index (χ1) is 12.6. The largest absolute Gasteiger partial charge is 0.376 e. The Bertz CT molecular complexity index is 602. The lowest BCUT2D eigenvalue weighted by molar-refractivity contribution is -0.146. The number of hydrogen-bond donors (Lipinski definition) is 2. The first-order valence-corrected chi connectivity index (χ1v) is 9.57. The molecular formula is C20H31N3O3. The van der Waals surface area contributed by atoms with Gasteiger partial charge in [0.1, 0.15) is 5.60 Å². The van der Waals surface area contributed by atoms with Crippen molar-refractivity contribution in [1.29, 1.82) is 0 Å². The van der Waals surface area contributed by atoms with Crippen molar-refractivity contribution in [2.24, 2.45) is 0 Å². The number of methoxy groups -OCH3 is 1. The normalized spacial score (nSPS) is 23.5. The smallest absolute Gasteiger partial charge is 0.252 e. The van der Waals surface area contributed by atoms with Gasteiger partial charge in [0, 0.05) is 33.3 Å². The second-order valence-electron chi connectivity index (χ2n) is 7.37. The molecule has 1 unspecified atom stereocenters. The summed E-state index contributed by atoms with van der Waals surface area (Å²) in [6.07, 6.45) is 1.72. The molecule has 6 heteroatoms. The average Bonchev–Trinajstić information content (AvgIpc) is 2.67. The highest BCUT2D eigenvalue weighted by atomic mass is 16.5. The number of ether oxygens (including phenoxy) is 2. The Morgan fingerprint density at radius 3 is 2.88 bits per heavy atom. The third-order valence-electron chi connectivity index (χ3n) is 5.39. The summed E-state index contributed by atoms with van der Waals surface area (Å²) in [6.45, 7) is 7.92. The van der Waals surface area contributed by atoms with Crippen LogP contribution in [0.3, 0.4) is 0 Å². The summed E-state index contributed by atoms with van der Waals surface area (Å²) in [5.74, 6) is -0.00564. The van der Waals surface area contributed by atoms with E-state index in [9.17, 15) is 4.79 Å². The third-order valence-corrected chi connectivity index (χ3v) is 5.39. The summed E-state index contributed by atoms with van der Waals surface area (Å²) >= 11 is 0. The molecule has 0 aliphatic carbocycles. The number of morpholine rings is 1. The Kier molecular flexibility index (Phi) is 6.64. The van der Waals surface area contributed by atoms with E-state index in [-0.39, 0.29) is 5.91 Å². The van der Waals surface area contributed by atoms with Gasteiger partial charge in [0.05, 0.1) is 12.7 Å². The van der Waals surface area contributed by atoms with Crippen molar-refractivity contribution in [3.8, 4) is 0 Å². The fourth-order valence-electron chi connectivity index (χ4n) is 3.83. The third kappa shape index (κ3) is 4.82. The van der Waals surface area contributed by atoms with E-state index < -0.39 is 5.60 Å². The predicted molar refractivity (Wildman–Crippen MR) is 101 cm³/mol. The van der Waals surface area contributed by atoms with Crippen molar-refractivity contribution in [2.75, 3.05) is 39.9 Å². The molecule has 0 aromatic heterocycles. The molecule has 144 valence electrons. The van der Waals surface area contributed by atoms with Crippen LogP contribution < -0.4 is 10.6 Å². The summed E-state index contributed by atoms with van der Waals surface area (Å²) in [6, 6.07) is 8.46. The van der Waals surface area contributed by atoms with Crippen LogP contribution in [0.4, 0.5) is 0 Å². The molecule has 2 fully saturated rings. The summed E-state index contributed by atoms with van der Waals surface area (Å²) in [4.78, 5) is 15.1. The maximum Gasteiger partial charge on any atom is 0.252 e.